The largest absolute Gasteiger partial charge is 0.396 e. The molecule has 0 unspecified atom stereocenters. The molecular weight excluding hydrogens is 269 g/mol. The predicted octanol–water partition coefficient (Wildman–Crippen LogP) is 1.72. The van der Waals surface area contributed by atoms with E-state index < -0.39 is 15.8 Å². The highest BCUT2D eigenvalue weighted by Crippen LogP contribution is 2.22. The Kier molecular flexibility index (Phi) is 4.86. The van der Waals surface area contributed by atoms with E-state index in [1.807, 2.05) is 6.07 Å². The monoisotopic (exact) mass is 285 g/mol. The summed E-state index contributed by atoms with van der Waals surface area (Å²) < 4.78 is 39.0. The number of rotatable bonds is 5. The van der Waals surface area contributed by atoms with Crippen molar-refractivity contribution in [1.29, 1.82) is 5.26 Å². The SMILES string of the molecule is CC(C)N(CCC#N)S(=O)(=O)c1ccc(F)c(N)c1. The standard InChI is InChI=1S/C12H16FN3O2S/c1-9(2)16(7-3-6-14)19(17,18)10-4-5-11(13)12(15)8-10/h4-5,8-9H,3,7,15H2,1-2H3. The summed E-state index contributed by atoms with van der Waals surface area (Å²) in [5.41, 5.74) is 5.17. The average molecular weight is 285 g/mol. The van der Waals surface area contributed by atoms with Gasteiger partial charge in [-0.15, -0.1) is 0 Å². The highest BCUT2D eigenvalue weighted by Gasteiger charge is 2.27. The maximum absolute atomic E-state index is 13.1. The van der Waals surface area contributed by atoms with Gasteiger partial charge < -0.3 is 5.73 Å². The van der Waals surface area contributed by atoms with Gasteiger partial charge in [0.2, 0.25) is 10.0 Å². The van der Waals surface area contributed by atoms with Gasteiger partial charge >= 0.3 is 0 Å². The Hall–Kier alpha value is -1.65. The third-order valence-electron chi connectivity index (χ3n) is 2.59. The van der Waals surface area contributed by atoms with Crippen molar-refractivity contribution < 1.29 is 12.8 Å². The normalized spacial score (nSPS) is 11.8. The second-order valence-corrected chi connectivity index (χ2v) is 6.19. The smallest absolute Gasteiger partial charge is 0.243 e. The number of nitrogens with zero attached hydrogens (tertiary/aromatic N) is 2. The second kappa shape index (κ2) is 5.99. The van der Waals surface area contributed by atoms with E-state index in [4.69, 9.17) is 11.0 Å². The lowest BCUT2D eigenvalue weighted by Gasteiger charge is -2.25. The van der Waals surface area contributed by atoms with Gasteiger partial charge in [0, 0.05) is 19.0 Å². The lowest BCUT2D eigenvalue weighted by molar-refractivity contribution is 0.360. The summed E-state index contributed by atoms with van der Waals surface area (Å²) in [5, 5.41) is 8.57. The van der Waals surface area contributed by atoms with Crippen LogP contribution < -0.4 is 5.73 Å². The van der Waals surface area contributed by atoms with Crippen LogP contribution >= 0.6 is 0 Å². The molecule has 0 aliphatic rings. The Balaban J connectivity index is 3.19. The average Bonchev–Trinajstić information content (AvgIpc) is 2.32. The molecule has 0 fully saturated rings. The van der Waals surface area contributed by atoms with Crippen LogP contribution in [-0.2, 0) is 10.0 Å². The fraction of sp³-hybridized carbons (Fsp3) is 0.417. The maximum atomic E-state index is 13.1. The zero-order chi connectivity index (χ0) is 14.6. The minimum Gasteiger partial charge on any atom is -0.396 e. The first kappa shape index (κ1) is 15.4. The summed E-state index contributed by atoms with van der Waals surface area (Å²) in [6.07, 6.45) is 0.0914. The minimum atomic E-state index is -3.78. The minimum absolute atomic E-state index is 0.0713. The summed E-state index contributed by atoms with van der Waals surface area (Å²) in [7, 11) is -3.78. The number of nitriles is 1. The van der Waals surface area contributed by atoms with Crippen LogP contribution in [0.15, 0.2) is 23.1 Å². The molecule has 0 bridgehead atoms. The fourth-order valence-corrected chi connectivity index (χ4v) is 3.31. The molecule has 0 atom stereocenters. The Morgan fingerprint density at radius 1 is 1.47 bits per heavy atom. The predicted molar refractivity (Wildman–Crippen MR) is 70.1 cm³/mol. The van der Waals surface area contributed by atoms with Crippen molar-refractivity contribution >= 4 is 15.7 Å². The van der Waals surface area contributed by atoms with Crippen LogP contribution in [0.3, 0.4) is 0 Å². The van der Waals surface area contributed by atoms with E-state index in [0.29, 0.717) is 0 Å². The fourth-order valence-electron chi connectivity index (χ4n) is 1.63. The first-order valence-electron chi connectivity index (χ1n) is 5.74. The first-order chi connectivity index (χ1) is 8.80. The van der Waals surface area contributed by atoms with Gasteiger partial charge in [0.05, 0.1) is 16.7 Å². The molecule has 1 aromatic rings. The van der Waals surface area contributed by atoms with Crippen LogP contribution in [0.2, 0.25) is 0 Å². The number of nitrogen functional groups attached to an aromatic ring is 1. The van der Waals surface area contributed by atoms with Crippen LogP contribution in [0.25, 0.3) is 0 Å². The van der Waals surface area contributed by atoms with Crippen molar-refractivity contribution in [2.45, 2.75) is 31.2 Å². The molecule has 1 rings (SSSR count). The van der Waals surface area contributed by atoms with E-state index in [1.165, 1.54) is 10.4 Å². The molecule has 19 heavy (non-hydrogen) atoms. The number of hydrogen-bond donors (Lipinski definition) is 1. The van der Waals surface area contributed by atoms with E-state index in [0.717, 1.165) is 12.1 Å². The summed E-state index contributed by atoms with van der Waals surface area (Å²) in [5.74, 6) is -0.660. The Bertz CT molecular complexity index is 593. The molecule has 5 nitrogen and oxygen atoms in total. The second-order valence-electron chi connectivity index (χ2n) is 4.30. The lowest BCUT2D eigenvalue weighted by Crippen LogP contribution is -2.37. The van der Waals surface area contributed by atoms with Crippen molar-refractivity contribution in [3.63, 3.8) is 0 Å². The molecular formula is C12H16FN3O2S. The first-order valence-corrected chi connectivity index (χ1v) is 7.18. The molecule has 0 aromatic heterocycles. The lowest BCUT2D eigenvalue weighted by atomic mass is 10.3. The molecule has 0 saturated heterocycles. The molecule has 0 amide bonds. The molecule has 0 aliphatic heterocycles. The summed E-state index contributed by atoms with van der Waals surface area (Å²) in [6, 6.07) is 4.88. The van der Waals surface area contributed by atoms with E-state index in [-0.39, 0.29) is 29.6 Å². The quantitative estimate of drug-likeness (QED) is 0.834. The van der Waals surface area contributed by atoms with Crippen molar-refractivity contribution in [3.05, 3.63) is 24.0 Å². The molecule has 0 heterocycles. The Morgan fingerprint density at radius 3 is 2.58 bits per heavy atom. The summed E-state index contributed by atoms with van der Waals surface area (Å²) >= 11 is 0. The number of hydrogen-bond acceptors (Lipinski definition) is 4. The van der Waals surface area contributed by atoms with Gasteiger partial charge in [-0.2, -0.15) is 9.57 Å². The van der Waals surface area contributed by atoms with E-state index >= 15 is 0 Å². The zero-order valence-electron chi connectivity index (χ0n) is 10.8. The Labute approximate surface area is 112 Å². The molecule has 1 aromatic carbocycles. The number of sulfonamides is 1. The van der Waals surface area contributed by atoms with Gasteiger partial charge in [-0.3, -0.25) is 0 Å². The van der Waals surface area contributed by atoms with Gasteiger partial charge in [-0.1, -0.05) is 0 Å². The van der Waals surface area contributed by atoms with Crippen LogP contribution in [0.4, 0.5) is 10.1 Å². The van der Waals surface area contributed by atoms with Crippen molar-refractivity contribution in [1.82, 2.24) is 4.31 Å². The van der Waals surface area contributed by atoms with Crippen molar-refractivity contribution in [3.8, 4) is 6.07 Å². The van der Waals surface area contributed by atoms with Crippen LogP contribution in [0.5, 0.6) is 0 Å². The van der Waals surface area contributed by atoms with Crippen LogP contribution in [0, 0.1) is 17.1 Å². The van der Waals surface area contributed by atoms with Crippen LogP contribution in [-0.4, -0.2) is 25.3 Å². The van der Waals surface area contributed by atoms with Gasteiger partial charge in [-0.05, 0) is 32.0 Å². The van der Waals surface area contributed by atoms with Crippen molar-refractivity contribution in [2.75, 3.05) is 12.3 Å². The molecule has 0 saturated carbocycles. The van der Waals surface area contributed by atoms with E-state index in [1.54, 1.807) is 13.8 Å². The van der Waals surface area contributed by atoms with Gasteiger partial charge in [0.15, 0.2) is 0 Å². The summed E-state index contributed by atoms with van der Waals surface area (Å²) in [4.78, 5) is -0.0713. The number of benzene rings is 1. The van der Waals surface area contributed by atoms with Gasteiger partial charge in [-0.25, -0.2) is 12.8 Å². The summed E-state index contributed by atoms with van der Waals surface area (Å²) in [6.45, 7) is 3.51. The highest BCUT2D eigenvalue weighted by atomic mass is 32.2. The van der Waals surface area contributed by atoms with Gasteiger partial charge in [0.25, 0.3) is 0 Å². The highest BCUT2D eigenvalue weighted by molar-refractivity contribution is 7.89. The van der Waals surface area contributed by atoms with Gasteiger partial charge in [0.1, 0.15) is 5.82 Å². The van der Waals surface area contributed by atoms with Crippen molar-refractivity contribution in [2.24, 2.45) is 0 Å². The molecule has 104 valence electrons. The topological polar surface area (TPSA) is 87.2 Å². The molecule has 7 heteroatoms. The van der Waals surface area contributed by atoms with Crippen LogP contribution in [0.1, 0.15) is 20.3 Å². The number of nitrogens with two attached hydrogens (primary N) is 1. The maximum Gasteiger partial charge on any atom is 0.243 e. The third-order valence-corrected chi connectivity index (χ3v) is 4.67. The third kappa shape index (κ3) is 3.43. The van der Waals surface area contributed by atoms with E-state index in [2.05, 4.69) is 0 Å². The zero-order valence-corrected chi connectivity index (χ0v) is 11.6. The number of halogens is 1. The Morgan fingerprint density at radius 2 is 2.11 bits per heavy atom. The van der Waals surface area contributed by atoms with E-state index in [9.17, 15) is 12.8 Å². The number of anilines is 1. The molecule has 0 spiro atoms. The molecule has 0 radical (unpaired) electrons. The molecule has 2 N–H and O–H groups in total. The molecule has 0 aliphatic carbocycles.